The molecule has 0 bridgehead atoms. The molecule has 60 heavy (non-hydrogen) atoms. The average molecular weight is 871 g/mol. The van der Waals surface area contributed by atoms with Crippen molar-refractivity contribution in [1.82, 2.24) is 5.32 Å². The number of unbranched alkanes of at least 4 members (excludes halogenated alkanes) is 33. The third-order valence-electron chi connectivity index (χ3n) is 12.0. The maximum absolute atomic E-state index is 12.9. The molecule has 9 heteroatoms. The first-order chi connectivity index (χ1) is 29.0. The lowest BCUT2D eigenvalue weighted by molar-refractivity contribution is -0.870. The SMILES string of the molecule is CCCCCCCCCCCC/C=C/CCCC[C@@H](O)[C@H](COP(=O)([O-])OCC[N+](C)(C)C)NC(=O)CCCCCCCCCCCCCCCCCCCCCCCC. The second kappa shape index (κ2) is 43.5. The summed E-state index contributed by atoms with van der Waals surface area (Å²) in [4.78, 5) is 25.4. The number of phosphoric ester groups is 1. The van der Waals surface area contributed by atoms with E-state index in [4.69, 9.17) is 9.05 Å². The van der Waals surface area contributed by atoms with Crippen molar-refractivity contribution in [1.29, 1.82) is 0 Å². The summed E-state index contributed by atoms with van der Waals surface area (Å²) < 4.78 is 23.3. The maximum atomic E-state index is 12.9. The van der Waals surface area contributed by atoms with Crippen LogP contribution in [0.5, 0.6) is 0 Å². The monoisotopic (exact) mass is 871 g/mol. The first-order valence-electron chi connectivity index (χ1n) is 26.0. The van der Waals surface area contributed by atoms with Crippen molar-refractivity contribution in [3.63, 3.8) is 0 Å². The third kappa shape index (κ3) is 45.3. The second-order valence-corrected chi connectivity index (χ2v) is 20.6. The molecule has 0 saturated carbocycles. The number of allylic oxidation sites excluding steroid dienone is 2. The largest absolute Gasteiger partial charge is 0.756 e. The van der Waals surface area contributed by atoms with Crippen LogP contribution in [0.2, 0.25) is 0 Å². The van der Waals surface area contributed by atoms with Crippen LogP contribution in [0, 0.1) is 0 Å². The number of carbonyl (C=O) groups is 1. The van der Waals surface area contributed by atoms with E-state index in [2.05, 4.69) is 31.3 Å². The number of likely N-dealkylation sites (N-methyl/N-ethyl adjacent to an activating group) is 1. The summed E-state index contributed by atoms with van der Waals surface area (Å²) in [5, 5.41) is 13.9. The summed E-state index contributed by atoms with van der Waals surface area (Å²) in [5.74, 6) is -0.169. The van der Waals surface area contributed by atoms with Crippen LogP contribution in [0.25, 0.3) is 0 Å². The van der Waals surface area contributed by atoms with Crippen LogP contribution in [0.4, 0.5) is 0 Å². The van der Waals surface area contributed by atoms with Crippen LogP contribution in [-0.4, -0.2) is 68.5 Å². The van der Waals surface area contributed by atoms with Gasteiger partial charge in [0.1, 0.15) is 13.2 Å². The zero-order valence-electron chi connectivity index (χ0n) is 40.7. The summed E-state index contributed by atoms with van der Waals surface area (Å²) in [6.45, 7) is 4.73. The highest BCUT2D eigenvalue weighted by atomic mass is 31.2. The van der Waals surface area contributed by atoms with Crippen molar-refractivity contribution in [2.45, 2.75) is 270 Å². The minimum absolute atomic E-state index is 0.01000. The maximum Gasteiger partial charge on any atom is 0.268 e. The fraction of sp³-hybridized carbons (Fsp3) is 0.941. The summed E-state index contributed by atoms with van der Waals surface area (Å²) >= 11 is 0. The Bertz CT molecular complexity index is 989. The van der Waals surface area contributed by atoms with Gasteiger partial charge < -0.3 is 28.8 Å². The van der Waals surface area contributed by atoms with Gasteiger partial charge in [-0.05, 0) is 38.5 Å². The first-order valence-corrected chi connectivity index (χ1v) is 27.5. The Morgan fingerprint density at radius 1 is 0.567 bits per heavy atom. The molecule has 0 rings (SSSR count). The number of hydrogen-bond donors (Lipinski definition) is 2. The van der Waals surface area contributed by atoms with Gasteiger partial charge in [-0.2, -0.15) is 0 Å². The Balaban J connectivity index is 4.22. The number of carbonyl (C=O) groups excluding carboxylic acids is 1. The van der Waals surface area contributed by atoms with Gasteiger partial charge in [0.25, 0.3) is 7.82 Å². The van der Waals surface area contributed by atoms with Crippen molar-refractivity contribution in [2.75, 3.05) is 40.9 Å². The molecule has 0 saturated heterocycles. The Kier molecular flexibility index (Phi) is 42.9. The second-order valence-electron chi connectivity index (χ2n) is 19.2. The lowest BCUT2D eigenvalue weighted by Gasteiger charge is -2.30. The van der Waals surface area contributed by atoms with Gasteiger partial charge in [-0.3, -0.25) is 9.36 Å². The molecule has 0 aliphatic rings. The summed E-state index contributed by atoms with van der Waals surface area (Å²) in [6.07, 6.45) is 50.9. The van der Waals surface area contributed by atoms with Crippen LogP contribution in [0.1, 0.15) is 258 Å². The van der Waals surface area contributed by atoms with Gasteiger partial charge in [0, 0.05) is 6.42 Å². The minimum Gasteiger partial charge on any atom is -0.756 e. The predicted molar refractivity (Wildman–Crippen MR) is 256 cm³/mol. The molecule has 0 aromatic heterocycles. The quantitative estimate of drug-likeness (QED) is 0.0273. The highest BCUT2D eigenvalue weighted by Crippen LogP contribution is 2.38. The van der Waals surface area contributed by atoms with Crippen molar-refractivity contribution in [3.05, 3.63) is 12.2 Å². The normalized spacial score (nSPS) is 14.2. The Morgan fingerprint density at radius 2 is 0.917 bits per heavy atom. The van der Waals surface area contributed by atoms with Crippen molar-refractivity contribution >= 4 is 13.7 Å². The lowest BCUT2D eigenvalue weighted by atomic mass is 10.0. The zero-order valence-corrected chi connectivity index (χ0v) is 41.6. The van der Waals surface area contributed by atoms with Gasteiger partial charge in [0.2, 0.25) is 5.91 Å². The van der Waals surface area contributed by atoms with Crippen LogP contribution < -0.4 is 10.2 Å². The minimum atomic E-state index is -4.57. The van der Waals surface area contributed by atoms with E-state index in [0.717, 1.165) is 44.9 Å². The molecular weight excluding hydrogens is 768 g/mol. The van der Waals surface area contributed by atoms with Crippen molar-refractivity contribution < 1.29 is 32.9 Å². The number of rotatable bonds is 48. The van der Waals surface area contributed by atoms with E-state index in [1.54, 1.807) is 0 Å². The van der Waals surface area contributed by atoms with E-state index in [1.807, 2.05) is 21.1 Å². The van der Waals surface area contributed by atoms with Gasteiger partial charge in [-0.15, -0.1) is 0 Å². The van der Waals surface area contributed by atoms with E-state index in [1.165, 1.54) is 186 Å². The molecule has 2 N–H and O–H groups in total. The number of aliphatic hydroxyl groups is 1. The molecule has 0 aromatic rings. The van der Waals surface area contributed by atoms with Gasteiger partial charge in [0.15, 0.2) is 0 Å². The molecule has 0 fully saturated rings. The summed E-state index contributed by atoms with van der Waals surface area (Å²) in [6, 6.07) is -0.812. The molecule has 0 aliphatic heterocycles. The fourth-order valence-electron chi connectivity index (χ4n) is 7.86. The smallest absolute Gasteiger partial charge is 0.268 e. The van der Waals surface area contributed by atoms with Gasteiger partial charge >= 0.3 is 0 Å². The van der Waals surface area contributed by atoms with Crippen LogP contribution in [0.3, 0.4) is 0 Å². The van der Waals surface area contributed by atoms with Gasteiger partial charge in [-0.25, -0.2) is 0 Å². The van der Waals surface area contributed by atoms with Crippen LogP contribution in [0.15, 0.2) is 12.2 Å². The highest BCUT2D eigenvalue weighted by Gasteiger charge is 2.24. The number of phosphoric acid groups is 1. The van der Waals surface area contributed by atoms with Gasteiger partial charge in [-0.1, -0.05) is 225 Å². The molecule has 0 spiro atoms. The molecule has 358 valence electrons. The van der Waals surface area contributed by atoms with Gasteiger partial charge in [0.05, 0.1) is 39.9 Å². The highest BCUT2D eigenvalue weighted by molar-refractivity contribution is 7.45. The molecule has 8 nitrogen and oxygen atoms in total. The Labute approximate surface area is 373 Å². The number of nitrogens with zero attached hydrogens (tertiary/aromatic N) is 1. The molecular formula is C51H103N2O6P. The molecule has 0 radical (unpaired) electrons. The number of amides is 1. The Morgan fingerprint density at radius 3 is 1.30 bits per heavy atom. The number of nitrogens with one attached hydrogen (secondary N) is 1. The first kappa shape index (κ1) is 59.2. The zero-order chi connectivity index (χ0) is 44.3. The van der Waals surface area contributed by atoms with E-state index < -0.39 is 20.0 Å². The molecule has 0 aromatic carbocycles. The average Bonchev–Trinajstić information content (AvgIpc) is 3.20. The summed E-state index contributed by atoms with van der Waals surface area (Å²) in [5.41, 5.74) is 0. The van der Waals surface area contributed by atoms with Crippen LogP contribution in [-0.2, 0) is 18.4 Å². The van der Waals surface area contributed by atoms with E-state index in [9.17, 15) is 19.4 Å². The van der Waals surface area contributed by atoms with E-state index in [-0.39, 0.29) is 19.1 Å². The van der Waals surface area contributed by atoms with Crippen LogP contribution >= 0.6 is 7.82 Å². The van der Waals surface area contributed by atoms with E-state index in [0.29, 0.717) is 23.9 Å². The molecule has 0 aliphatic carbocycles. The number of hydrogen-bond acceptors (Lipinski definition) is 6. The summed E-state index contributed by atoms with van der Waals surface area (Å²) in [7, 11) is 1.30. The molecule has 3 atom stereocenters. The van der Waals surface area contributed by atoms with Crippen molar-refractivity contribution in [2.24, 2.45) is 0 Å². The van der Waals surface area contributed by atoms with Crippen molar-refractivity contribution in [3.8, 4) is 0 Å². The molecule has 1 amide bonds. The molecule has 1 unspecified atom stereocenters. The topological polar surface area (TPSA) is 108 Å². The van der Waals surface area contributed by atoms with E-state index >= 15 is 0 Å². The predicted octanol–water partition coefficient (Wildman–Crippen LogP) is 14.5. The third-order valence-corrected chi connectivity index (χ3v) is 13.0. The lowest BCUT2D eigenvalue weighted by Crippen LogP contribution is -2.46. The number of aliphatic hydroxyl groups excluding tert-OH is 1. The molecule has 0 heterocycles. The Hall–Kier alpha value is -0.760. The fourth-order valence-corrected chi connectivity index (χ4v) is 8.58. The standard InChI is InChI=1S/C51H103N2O6P/c1-6-8-10-12-14-16-18-20-22-24-25-26-27-28-29-31-33-35-37-39-41-43-45-51(55)52-49(48-59-60(56,57)58-47-46-53(3,4)5)50(54)44-42-40-38-36-34-32-30-23-21-19-17-15-13-11-9-7-2/h34,36,49-50,54H,6-33,35,37-48H2,1-5H3,(H-,52,55,56,57)/b36-34+/t49-,50+/m0/s1. The number of quaternary nitrogens is 1.